The van der Waals surface area contributed by atoms with Gasteiger partial charge in [0.25, 0.3) is 0 Å². The summed E-state index contributed by atoms with van der Waals surface area (Å²) in [6.07, 6.45) is 3.81. The van der Waals surface area contributed by atoms with Gasteiger partial charge in [-0.25, -0.2) is 0 Å². The largest absolute Gasteiger partial charge is 0.496 e. The van der Waals surface area contributed by atoms with E-state index in [0.29, 0.717) is 0 Å². The third-order valence-electron chi connectivity index (χ3n) is 2.08. The van der Waals surface area contributed by atoms with Crippen LogP contribution in [-0.4, -0.2) is 20.3 Å². The highest BCUT2D eigenvalue weighted by Gasteiger charge is 2.08. The fourth-order valence-electron chi connectivity index (χ4n) is 1.32. The molecule has 1 unspecified atom stereocenters. The summed E-state index contributed by atoms with van der Waals surface area (Å²) in [4.78, 5) is 0. The van der Waals surface area contributed by atoms with Crippen molar-refractivity contribution in [1.29, 1.82) is 0 Å². The van der Waals surface area contributed by atoms with Crippen molar-refractivity contribution in [1.82, 2.24) is 0 Å². The van der Waals surface area contributed by atoms with E-state index in [-0.39, 0.29) is 6.04 Å². The van der Waals surface area contributed by atoms with Crippen LogP contribution in [0.3, 0.4) is 0 Å². The molecule has 4 heteroatoms. The highest BCUT2D eigenvalue weighted by Crippen LogP contribution is 2.33. The van der Waals surface area contributed by atoms with E-state index in [1.807, 2.05) is 31.2 Å². The summed E-state index contributed by atoms with van der Waals surface area (Å²) >= 11 is 3.40. The molecular weight excluding hydrogens is 270 g/mol. The van der Waals surface area contributed by atoms with Crippen LogP contribution in [0.15, 0.2) is 22.7 Å². The summed E-state index contributed by atoms with van der Waals surface area (Å²) in [7, 11) is 3.26. The average Bonchev–Trinajstić information content (AvgIpc) is 2.25. The SMILES string of the molecule is COc1cc(Br)cc(OC)c1/C=C/C(C)N. The van der Waals surface area contributed by atoms with E-state index < -0.39 is 0 Å². The maximum absolute atomic E-state index is 5.68. The van der Waals surface area contributed by atoms with Crippen molar-refractivity contribution in [3.05, 3.63) is 28.2 Å². The molecule has 16 heavy (non-hydrogen) atoms. The van der Waals surface area contributed by atoms with Crippen LogP contribution in [0.2, 0.25) is 0 Å². The lowest BCUT2D eigenvalue weighted by molar-refractivity contribution is 0.392. The molecule has 2 N–H and O–H groups in total. The third-order valence-corrected chi connectivity index (χ3v) is 2.53. The fraction of sp³-hybridized carbons (Fsp3) is 0.333. The van der Waals surface area contributed by atoms with Crippen molar-refractivity contribution in [3.63, 3.8) is 0 Å². The molecule has 0 saturated carbocycles. The molecule has 0 radical (unpaired) electrons. The summed E-state index contributed by atoms with van der Waals surface area (Å²) in [5, 5.41) is 0. The second kappa shape index (κ2) is 5.92. The van der Waals surface area contributed by atoms with Crippen LogP contribution in [0.1, 0.15) is 12.5 Å². The number of hydrogen-bond donors (Lipinski definition) is 1. The average molecular weight is 286 g/mol. The molecule has 0 saturated heterocycles. The molecule has 0 heterocycles. The van der Waals surface area contributed by atoms with Crippen LogP contribution in [0.25, 0.3) is 6.08 Å². The second-order valence-electron chi connectivity index (χ2n) is 3.44. The third kappa shape index (κ3) is 3.25. The van der Waals surface area contributed by atoms with E-state index in [9.17, 15) is 0 Å². The van der Waals surface area contributed by atoms with Crippen LogP contribution >= 0.6 is 15.9 Å². The van der Waals surface area contributed by atoms with Crippen molar-refractivity contribution in [3.8, 4) is 11.5 Å². The normalized spacial score (nSPS) is 12.8. The lowest BCUT2D eigenvalue weighted by Crippen LogP contribution is -2.10. The molecular formula is C12H16BrNO2. The van der Waals surface area contributed by atoms with Gasteiger partial charge in [0.1, 0.15) is 11.5 Å². The highest BCUT2D eigenvalue weighted by atomic mass is 79.9. The molecule has 1 rings (SSSR count). The quantitative estimate of drug-likeness (QED) is 0.925. The summed E-state index contributed by atoms with van der Waals surface area (Å²) in [5.41, 5.74) is 6.57. The molecule has 0 spiro atoms. The van der Waals surface area contributed by atoms with Gasteiger partial charge in [-0.05, 0) is 25.1 Å². The van der Waals surface area contributed by atoms with Crippen LogP contribution in [0, 0.1) is 0 Å². The van der Waals surface area contributed by atoms with Crippen molar-refractivity contribution in [2.75, 3.05) is 14.2 Å². The van der Waals surface area contributed by atoms with Crippen LogP contribution in [-0.2, 0) is 0 Å². The van der Waals surface area contributed by atoms with Crippen molar-refractivity contribution < 1.29 is 9.47 Å². The van der Waals surface area contributed by atoms with E-state index in [1.54, 1.807) is 14.2 Å². The summed E-state index contributed by atoms with van der Waals surface area (Å²) in [5.74, 6) is 1.51. The number of rotatable bonds is 4. The Kier molecular flexibility index (Phi) is 4.83. The standard InChI is InChI=1S/C12H16BrNO2/c1-8(14)4-5-10-11(15-2)6-9(13)7-12(10)16-3/h4-8H,14H2,1-3H3/b5-4+. The molecule has 0 aromatic heterocycles. The lowest BCUT2D eigenvalue weighted by Gasteiger charge is -2.11. The number of halogens is 1. The first kappa shape index (κ1) is 13.1. The molecule has 1 aromatic rings. The van der Waals surface area contributed by atoms with E-state index in [1.165, 1.54) is 0 Å². The van der Waals surface area contributed by atoms with Crippen molar-refractivity contribution in [2.24, 2.45) is 5.73 Å². The van der Waals surface area contributed by atoms with Crippen molar-refractivity contribution in [2.45, 2.75) is 13.0 Å². The predicted molar refractivity (Wildman–Crippen MR) is 69.9 cm³/mol. The number of methoxy groups -OCH3 is 2. The first-order valence-corrected chi connectivity index (χ1v) is 5.73. The fourth-order valence-corrected chi connectivity index (χ4v) is 1.73. The maximum atomic E-state index is 5.68. The van der Waals surface area contributed by atoms with Gasteiger partial charge in [-0.1, -0.05) is 22.0 Å². The number of hydrogen-bond acceptors (Lipinski definition) is 3. The summed E-state index contributed by atoms with van der Waals surface area (Å²) < 4.78 is 11.5. The summed E-state index contributed by atoms with van der Waals surface area (Å²) in [6, 6.07) is 3.78. The molecule has 88 valence electrons. The van der Waals surface area contributed by atoms with Gasteiger partial charge in [0.05, 0.1) is 19.8 Å². The molecule has 3 nitrogen and oxygen atoms in total. The van der Waals surface area contributed by atoms with Crippen molar-refractivity contribution >= 4 is 22.0 Å². The Bertz CT molecular complexity index is 364. The second-order valence-corrected chi connectivity index (χ2v) is 4.36. The molecule has 0 aliphatic rings. The predicted octanol–water partition coefficient (Wildman–Crippen LogP) is 2.83. The van der Waals surface area contributed by atoms with E-state index in [2.05, 4.69) is 15.9 Å². The minimum absolute atomic E-state index is 0.00180. The number of nitrogens with two attached hydrogens (primary N) is 1. The minimum Gasteiger partial charge on any atom is -0.496 e. The van der Waals surface area contributed by atoms with Gasteiger partial charge in [-0.15, -0.1) is 0 Å². The lowest BCUT2D eigenvalue weighted by atomic mass is 10.1. The first-order chi connectivity index (χ1) is 7.58. The molecule has 0 fully saturated rings. The van der Waals surface area contributed by atoms with Crippen LogP contribution < -0.4 is 15.2 Å². The minimum atomic E-state index is -0.00180. The Morgan fingerprint density at radius 2 is 1.75 bits per heavy atom. The Hall–Kier alpha value is -1.00. The number of benzene rings is 1. The first-order valence-electron chi connectivity index (χ1n) is 4.93. The zero-order valence-corrected chi connectivity index (χ0v) is 11.2. The zero-order valence-electron chi connectivity index (χ0n) is 9.66. The molecule has 0 bridgehead atoms. The van der Waals surface area contributed by atoms with Gasteiger partial charge in [-0.2, -0.15) is 0 Å². The molecule has 0 amide bonds. The van der Waals surface area contributed by atoms with Crippen LogP contribution in [0.5, 0.6) is 11.5 Å². The maximum Gasteiger partial charge on any atom is 0.130 e. The van der Waals surface area contributed by atoms with E-state index in [0.717, 1.165) is 21.5 Å². The number of ether oxygens (including phenoxy) is 2. The van der Waals surface area contributed by atoms with Gasteiger partial charge in [0, 0.05) is 10.5 Å². The Balaban J connectivity index is 3.22. The van der Waals surface area contributed by atoms with Gasteiger partial charge >= 0.3 is 0 Å². The van der Waals surface area contributed by atoms with E-state index in [4.69, 9.17) is 15.2 Å². The Morgan fingerprint density at radius 1 is 1.25 bits per heavy atom. The van der Waals surface area contributed by atoms with Crippen LogP contribution in [0.4, 0.5) is 0 Å². The van der Waals surface area contributed by atoms with Gasteiger partial charge in [0.2, 0.25) is 0 Å². The van der Waals surface area contributed by atoms with Gasteiger partial charge in [0.15, 0.2) is 0 Å². The van der Waals surface area contributed by atoms with E-state index >= 15 is 0 Å². The van der Waals surface area contributed by atoms with Gasteiger partial charge < -0.3 is 15.2 Å². The summed E-state index contributed by atoms with van der Waals surface area (Å²) in [6.45, 7) is 1.91. The smallest absolute Gasteiger partial charge is 0.130 e. The Labute approximate surface area is 104 Å². The van der Waals surface area contributed by atoms with Gasteiger partial charge in [-0.3, -0.25) is 0 Å². The molecule has 0 aliphatic heterocycles. The Morgan fingerprint density at radius 3 is 2.12 bits per heavy atom. The zero-order chi connectivity index (χ0) is 12.1. The monoisotopic (exact) mass is 285 g/mol. The topological polar surface area (TPSA) is 44.5 Å². The molecule has 1 atom stereocenters. The molecule has 0 aliphatic carbocycles. The highest BCUT2D eigenvalue weighted by molar-refractivity contribution is 9.10. The molecule has 1 aromatic carbocycles.